The number of hydrogen-bond acceptors (Lipinski definition) is 7. The van der Waals surface area contributed by atoms with E-state index < -0.39 is 0 Å². The molecular formula is C22H20N6O. The summed E-state index contributed by atoms with van der Waals surface area (Å²) in [6.07, 6.45) is 1.44. The molecule has 0 saturated carbocycles. The van der Waals surface area contributed by atoms with Gasteiger partial charge in [0.15, 0.2) is 17.4 Å². The van der Waals surface area contributed by atoms with Crippen LogP contribution in [0.4, 0.5) is 28.7 Å². The number of anilines is 5. The predicted molar refractivity (Wildman–Crippen MR) is 116 cm³/mol. The van der Waals surface area contributed by atoms with Crippen molar-refractivity contribution in [3.8, 4) is 0 Å². The molecule has 0 aliphatic rings. The highest BCUT2D eigenvalue weighted by molar-refractivity contribution is 5.95. The zero-order chi connectivity index (χ0) is 20.4. The summed E-state index contributed by atoms with van der Waals surface area (Å²) in [6.45, 7) is 3.49. The van der Waals surface area contributed by atoms with Gasteiger partial charge in [-0.1, -0.05) is 18.2 Å². The summed E-state index contributed by atoms with van der Waals surface area (Å²) in [5.74, 6) is 0.977. The molecular weight excluding hydrogens is 364 g/mol. The number of hydrogen-bond donors (Lipinski definition) is 3. The minimum absolute atomic E-state index is 0.0171. The fraction of sp³-hybridized carbons (Fsp3) is 0.0909. The molecule has 0 fully saturated rings. The summed E-state index contributed by atoms with van der Waals surface area (Å²) in [5, 5.41) is 7.46. The van der Waals surface area contributed by atoms with E-state index in [0.29, 0.717) is 22.9 Å². The Morgan fingerprint density at radius 2 is 1.66 bits per heavy atom. The molecule has 0 aliphatic carbocycles. The van der Waals surface area contributed by atoms with Crippen molar-refractivity contribution < 1.29 is 4.79 Å². The van der Waals surface area contributed by atoms with Gasteiger partial charge in [0, 0.05) is 22.3 Å². The molecule has 0 radical (unpaired) electrons. The third-order valence-corrected chi connectivity index (χ3v) is 4.55. The van der Waals surface area contributed by atoms with E-state index in [0.717, 1.165) is 28.0 Å². The first kappa shape index (κ1) is 18.4. The Hall–Kier alpha value is -4.00. The first-order valence-electron chi connectivity index (χ1n) is 9.13. The van der Waals surface area contributed by atoms with Gasteiger partial charge >= 0.3 is 0 Å². The first-order chi connectivity index (χ1) is 14.0. The normalized spacial score (nSPS) is 10.7. The van der Waals surface area contributed by atoms with Crippen LogP contribution in [0.5, 0.6) is 0 Å². The number of ketones is 1. The van der Waals surface area contributed by atoms with Gasteiger partial charge in [0.05, 0.1) is 11.2 Å². The van der Waals surface area contributed by atoms with Gasteiger partial charge < -0.3 is 16.4 Å². The molecule has 0 unspecified atom stereocenters. The highest BCUT2D eigenvalue weighted by Crippen LogP contribution is 2.30. The lowest BCUT2D eigenvalue weighted by Crippen LogP contribution is -2.06. The summed E-state index contributed by atoms with van der Waals surface area (Å²) < 4.78 is 0. The third kappa shape index (κ3) is 3.84. The van der Waals surface area contributed by atoms with E-state index in [9.17, 15) is 4.79 Å². The minimum Gasteiger partial charge on any atom is -0.393 e. The lowest BCUT2D eigenvalue weighted by molar-refractivity contribution is 0.101. The summed E-state index contributed by atoms with van der Waals surface area (Å²) in [7, 11) is 0. The topological polar surface area (TPSA) is 106 Å². The maximum atomic E-state index is 11.4. The van der Waals surface area contributed by atoms with Crippen LogP contribution in [-0.2, 0) is 0 Å². The number of carbonyl (C=O) groups is 1. The number of rotatable bonds is 5. The van der Waals surface area contributed by atoms with Crippen LogP contribution in [0, 0.1) is 6.92 Å². The maximum Gasteiger partial charge on any atom is 0.159 e. The molecule has 2 aromatic carbocycles. The lowest BCUT2D eigenvalue weighted by Gasteiger charge is -2.14. The first-order valence-corrected chi connectivity index (χ1v) is 9.13. The SMILES string of the molecule is CC(=O)c1ccc(Nc2ncnc(Nc3cccc4ccc(C)nc34)c2N)cc1. The Morgan fingerprint density at radius 3 is 2.38 bits per heavy atom. The summed E-state index contributed by atoms with van der Waals surface area (Å²) >= 11 is 0. The highest BCUT2D eigenvalue weighted by Gasteiger charge is 2.11. The zero-order valence-electron chi connectivity index (χ0n) is 16.1. The maximum absolute atomic E-state index is 11.4. The number of Topliss-reactive ketones (excluding diaryl/α,β-unsaturated/α-hetero) is 1. The van der Waals surface area contributed by atoms with Gasteiger partial charge in [-0.25, -0.2) is 9.97 Å². The number of nitrogen functional groups attached to an aromatic ring is 1. The van der Waals surface area contributed by atoms with Gasteiger partial charge in [0.1, 0.15) is 12.0 Å². The molecule has 4 N–H and O–H groups in total. The van der Waals surface area contributed by atoms with Crippen molar-refractivity contribution in [1.29, 1.82) is 0 Å². The standard InChI is InChI=1S/C22H20N6O/c1-13-6-7-16-4-3-5-18(20(16)26-13)28-22-19(23)21(24-12-25-22)27-17-10-8-15(9-11-17)14(2)29/h3-12H,23H2,1-2H3,(H2,24,25,27,28). The number of nitrogens with two attached hydrogens (primary N) is 1. The monoisotopic (exact) mass is 384 g/mol. The number of nitrogens with one attached hydrogen (secondary N) is 2. The van der Waals surface area contributed by atoms with Crippen molar-refractivity contribution in [1.82, 2.24) is 15.0 Å². The molecule has 0 saturated heterocycles. The highest BCUT2D eigenvalue weighted by atomic mass is 16.1. The van der Waals surface area contributed by atoms with Crippen LogP contribution in [0.25, 0.3) is 10.9 Å². The van der Waals surface area contributed by atoms with Crippen LogP contribution in [0.1, 0.15) is 23.0 Å². The number of pyridine rings is 1. The quantitative estimate of drug-likeness (QED) is 0.432. The van der Waals surface area contributed by atoms with Crippen LogP contribution < -0.4 is 16.4 Å². The van der Waals surface area contributed by atoms with Gasteiger partial charge in [0.25, 0.3) is 0 Å². The molecule has 29 heavy (non-hydrogen) atoms. The second kappa shape index (κ2) is 7.55. The molecule has 7 heteroatoms. The van der Waals surface area contributed by atoms with Crippen molar-refractivity contribution in [2.75, 3.05) is 16.4 Å². The minimum atomic E-state index is 0.0171. The zero-order valence-corrected chi connectivity index (χ0v) is 16.1. The van der Waals surface area contributed by atoms with Crippen molar-refractivity contribution in [3.63, 3.8) is 0 Å². The van der Waals surface area contributed by atoms with E-state index in [1.54, 1.807) is 12.1 Å². The van der Waals surface area contributed by atoms with Crippen molar-refractivity contribution in [2.24, 2.45) is 0 Å². The average Bonchev–Trinajstić information content (AvgIpc) is 2.72. The molecule has 0 aliphatic heterocycles. The largest absolute Gasteiger partial charge is 0.393 e. The number of aryl methyl sites for hydroxylation is 1. The Bertz CT molecular complexity index is 1200. The molecule has 144 valence electrons. The second-order valence-electron chi connectivity index (χ2n) is 6.70. The van der Waals surface area contributed by atoms with Crippen LogP contribution in [0.15, 0.2) is 60.9 Å². The van der Waals surface area contributed by atoms with Gasteiger partial charge in [0.2, 0.25) is 0 Å². The predicted octanol–water partition coefficient (Wildman–Crippen LogP) is 4.61. The molecule has 2 aromatic heterocycles. The number of benzene rings is 2. The number of aromatic nitrogens is 3. The van der Waals surface area contributed by atoms with Gasteiger partial charge in [-0.15, -0.1) is 0 Å². The summed E-state index contributed by atoms with van der Waals surface area (Å²) in [4.78, 5) is 24.6. The van der Waals surface area contributed by atoms with Crippen LogP contribution in [0.3, 0.4) is 0 Å². The number of fused-ring (bicyclic) bond motifs is 1. The lowest BCUT2D eigenvalue weighted by atomic mass is 10.1. The second-order valence-corrected chi connectivity index (χ2v) is 6.70. The Labute approximate surface area is 168 Å². The molecule has 7 nitrogen and oxygen atoms in total. The van der Waals surface area contributed by atoms with E-state index in [1.165, 1.54) is 13.3 Å². The Balaban J connectivity index is 1.63. The van der Waals surface area contributed by atoms with Crippen LogP contribution in [-0.4, -0.2) is 20.7 Å². The summed E-state index contributed by atoms with van der Waals surface area (Å²) in [5.41, 5.74) is 10.7. The van der Waals surface area contributed by atoms with Crippen LogP contribution in [0.2, 0.25) is 0 Å². The number of nitrogens with zero attached hydrogens (tertiary/aromatic N) is 3. The van der Waals surface area contributed by atoms with E-state index >= 15 is 0 Å². The van der Waals surface area contributed by atoms with Gasteiger partial charge in [-0.3, -0.25) is 9.78 Å². The molecule has 0 amide bonds. The molecule has 0 atom stereocenters. The van der Waals surface area contributed by atoms with E-state index in [4.69, 9.17) is 5.73 Å². The molecule has 4 aromatic rings. The Kier molecular flexibility index (Phi) is 4.78. The van der Waals surface area contributed by atoms with Crippen molar-refractivity contribution in [2.45, 2.75) is 13.8 Å². The molecule has 0 spiro atoms. The van der Waals surface area contributed by atoms with Crippen molar-refractivity contribution in [3.05, 3.63) is 72.2 Å². The Morgan fingerprint density at radius 1 is 0.931 bits per heavy atom. The van der Waals surface area contributed by atoms with E-state index in [1.807, 2.05) is 49.4 Å². The van der Waals surface area contributed by atoms with Crippen molar-refractivity contribution >= 4 is 45.4 Å². The van der Waals surface area contributed by atoms with Crippen LogP contribution >= 0.6 is 0 Å². The van der Waals surface area contributed by atoms with E-state index in [2.05, 4.69) is 25.6 Å². The van der Waals surface area contributed by atoms with Gasteiger partial charge in [-0.05, 0) is 50.2 Å². The number of para-hydroxylation sites is 1. The third-order valence-electron chi connectivity index (χ3n) is 4.55. The smallest absolute Gasteiger partial charge is 0.159 e. The average molecular weight is 384 g/mol. The molecule has 2 heterocycles. The fourth-order valence-electron chi connectivity index (χ4n) is 2.99. The summed E-state index contributed by atoms with van der Waals surface area (Å²) in [6, 6.07) is 17.0. The molecule has 0 bridgehead atoms. The number of carbonyl (C=O) groups excluding carboxylic acids is 1. The van der Waals surface area contributed by atoms with Gasteiger partial charge in [-0.2, -0.15) is 0 Å². The fourth-order valence-corrected chi connectivity index (χ4v) is 2.99. The molecule has 4 rings (SSSR count). The van der Waals surface area contributed by atoms with E-state index in [-0.39, 0.29) is 5.78 Å².